The van der Waals surface area contributed by atoms with E-state index < -0.39 is 23.8 Å². The lowest BCUT2D eigenvalue weighted by Crippen LogP contribution is -2.67. The standard InChI is InChI=1S/C44H54N8O8/c1-45-39(54)36(7-6-16-53)52-41(56)31-9-8-28(19-32(31)42(52)57)49-12-14-50(15-13-49)29-20-44(21-29)25-48(26-44)23-35-37(59-4)17-27(18-38(35)60-5)33-22-47(3)40(55)34-24-51(43(58)46-2)11-10-30(33)34/h8-9,16-19,22,29,36H,6-7,10-15,20-21,23-26H2,1-5H3,(H,45,54)(H,46,58). The lowest BCUT2D eigenvalue weighted by atomic mass is 9.60. The zero-order valence-electron chi connectivity index (χ0n) is 35.0. The van der Waals surface area contributed by atoms with Gasteiger partial charge in [0.15, 0.2) is 0 Å². The number of rotatable bonds is 12. The molecule has 2 saturated heterocycles. The Morgan fingerprint density at radius 1 is 0.883 bits per heavy atom. The zero-order valence-corrected chi connectivity index (χ0v) is 35.0. The van der Waals surface area contributed by atoms with E-state index in [2.05, 4.69) is 25.3 Å². The monoisotopic (exact) mass is 822 g/mol. The van der Waals surface area contributed by atoms with E-state index in [-0.39, 0.29) is 36.5 Å². The number of hydrogen-bond donors (Lipinski definition) is 2. The summed E-state index contributed by atoms with van der Waals surface area (Å²) in [6, 6.07) is 8.68. The predicted molar refractivity (Wildman–Crippen MR) is 223 cm³/mol. The number of likely N-dealkylation sites (tertiary alicyclic amines) is 1. The van der Waals surface area contributed by atoms with Crippen LogP contribution >= 0.6 is 0 Å². The largest absolute Gasteiger partial charge is 0.496 e. The Balaban J connectivity index is 0.870. The summed E-state index contributed by atoms with van der Waals surface area (Å²) >= 11 is 0. The number of pyridine rings is 1. The molecule has 318 valence electrons. The molecule has 1 aliphatic carbocycles. The van der Waals surface area contributed by atoms with E-state index in [1.807, 2.05) is 24.4 Å². The molecule has 5 amide bonds. The van der Waals surface area contributed by atoms with Crippen LogP contribution in [-0.2, 0) is 36.1 Å². The molecule has 1 unspecified atom stereocenters. The number of hydrogen-bond acceptors (Lipinski definition) is 11. The maximum Gasteiger partial charge on any atom is 0.317 e. The first-order valence-electron chi connectivity index (χ1n) is 20.7. The van der Waals surface area contributed by atoms with Gasteiger partial charge in [0.05, 0.1) is 37.5 Å². The van der Waals surface area contributed by atoms with Gasteiger partial charge >= 0.3 is 6.03 Å². The normalized spacial score (nSPS) is 19.3. The number of benzene rings is 2. The van der Waals surface area contributed by atoms with Crippen LogP contribution in [0.4, 0.5) is 10.5 Å². The molecule has 2 aromatic carbocycles. The minimum absolute atomic E-state index is 0.0633. The maximum atomic E-state index is 13.5. The number of piperazine rings is 1. The summed E-state index contributed by atoms with van der Waals surface area (Å²) < 4.78 is 13.5. The third-order valence-corrected chi connectivity index (χ3v) is 13.3. The lowest BCUT2D eigenvalue weighted by molar-refractivity contribution is -0.124. The van der Waals surface area contributed by atoms with Crippen molar-refractivity contribution in [1.82, 2.24) is 34.8 Å². The number of nitrogens with one attached hydrogen (secondary N) is 2. The van der Waals surface area contributed by atoms with Crippen molar-refractivity contribution in [2.75, 3.05) is 79.0 Å². The van der Waals surface area contributed by atoms with Crippen molar-refractivity contribution in [2.45, 2.75) is 57.3 Å². The third-order valence-electron chi connectivity index (χ3n) is 13.3. The Kier molecular flexibility index (Phi) is 11.2. The molecule has 60 heavy (non-hydrogen) atoms. The van der Waals surface area contributed by atoms with Crippen molar-refractivity contribution < 1.29 is 33.4 Å². The van der Waals surface area contributed by atoms with Gasteiger partial charge in [0.2, 0.25) is 5.91 Å². The number of nitrogens with zero attached hydrogens (tertiary/aromatic N) is 6. The summed E-state index contributed by atoms with van der Waals surface area (Å²) in [5.41, 5.74) is 6.06. The predicted octanol–water partition coefficient (Wildman–Crippen LogP) is 2.24. The summed E-state index contributed by atoms with van der Waals surface area (Å²) in [5.74, 6) is -0.0156. The molecule has 0 bridgehead atoms. The van der Waals surface area contributed by atoms with Crippen LogP contribution < -0.4 is 30.6 Å². The van der Waals surface area contributed by atoms with Crippen molar-refractivity contribution in [3.8, 4) is 22.6 Å². The first-order chi connectivity index (χ1) is 28.9. The molecule has 0 radical (unpaired) electrons. The number of imide groups is 1. The van der Waals surface area contributed by atoms with Gasteiger partial charge < -0.3 is 39.3 Å². The molecule has 3 aromatic rings. The third kappa shape index (κ3) is 7.18. The molecule has 8 rings (SSSR count). The highest BCUT2D eigenvalue weighted by atomic mass is 16.5. The molecule has 1 saturated carbocycles. The number of carbonyl (C=O) groups excluding carboxylic acids is 5. The Hall–Kier alpha value is -5.74. The Morgan fingerprint density at radius 2 is 1.57 bits per heavy atom. The first-order valence-corrected chi connectivity index (χ1v) is 20.7. The van der Waals surface area contributed by atoms with Gasteiger partial charge in [0.1, 0.15) is 23.8 Å². The van der Waals surface area contributed by atoms with E-state index in [0.29, 0.717) is 48.4 Å². The van der Waals surface area contributed by atoms with Crippen LogP contribution in [0.1, 0.15) is 63.1 Å². The van der Waals surface area contributed by atoms with E-state index in [9.17, 15) is 28.8 Å². The number of aldehydes is 1. The summed E-state index contributed by atoms with van der Waals surface area (Å²) in [6.45, 7) is 6.87. The summed E-state index contributed by atoms with van der Waals surface area (Å²) in [5, 5.41) is 5.18. The second kappa shape index (κ2) is 16.4. The average molecular weight is 823 g/mol. The Morgan fingerprint density at radius 3 is 2.20 bits per heavy atom. The van der Waals surface area contributed by atoms with Gasteiger partial charge in [-0.3, -0.25) is 33.9 Å². The Bertz CT molecular complexity index is 2260. The molecule has 3 fully saturated rings. The molecule has 1 spiro atoms. The number of carbonyl (C=O) groups is 5. The van der Waals surface area contributed by atoms with Crippen LogP contribution in [-0.4, -0.2) is 140 Å². The molecule has 2 N–H and O–H groups in total. The number of likely N-dealkylation sites (N-methyl/N-ethyl adjacent to an activating group) is 1. The van der Waals surface area contributed by atoms with Crippen LogP contribution in [0.3, 0.4) is 0 Å². The SMILES string of the molecule is CNC(=O)C(CCC=O)N1C(=O)c2ccc(N3CCN(C4CC5(C4)CN(Cc4c(OC)cc(-c6cn(C)c(=O)c7c6CCN(C(=O)NC)C7)cc4OC)C5)CC3)cc2C1=O. The lowest BCUT2D eigenvalue weighted by Gasteiger charge is -2.62. The highest BCUT2D eigenvalue weighted by Crippen LogP contribution is 2.51. The summed E-state index contributed by atoms with van der Waals surface area (Å²) in [4.78, 5) is 85.9. The van der Waals surface area contributed by atoms with Gasteiger partial charge in [-0.2, -0.15) is 0 Å². The maximum absolute atomic E-state index is 13.5. The fourth-order valence-electron chi connectivity index (χ4n) is 10.2. The molecule has 1 atom stereocenters. The van der Waals surface area contributed by atoms with E-state index in [0.717, 1.165) is 96.5 Å². The molecule has 1 aromatic heterocycles. The van der Waals surface area contributed by atoms with Crippen molar-refractivity contribution in [3.05, 3.63) is 74.7 Å². The number of urea groups is 1. The number of aryl methyl sites for hydroxylation is 1. The van der Waals surface area contributed by atoms with Crippen LogP contribution in [0.15, 0.2) is 41.3 Å². The van der Waals surface area contributed by atoms with E-state index in [1.165, 1.54) is 7.05 Å². The molecule has 5 heterocycles. The molecule has 16 heteroatoms. The summed E-state index contributed by atoms with van der Waals surface area (Å²) in [6.07, 6.45) is 5.56. The van der Waals surface area contributed by atoms with E-state index >= 15 is 0 Å². The van der Waals surface area contributed by atoms with Crippen LogP contribution in [0, 0.1) is 5.41 Å². The van der Waals surface area contributed by atoms with Crippen LogP contribution in [0.2, 0.25) is 0 Å². The number of aromatic nitrogens is 1. The Labute approximate surface area is 349 Å². The first kappa shape index (κ1) is 41.0. The average Bonchev–Trinajstić information content (AvgIpc) is 3.49. The van der Waals surface area contributed by atoms with Crippen molar-refractivity contribution in [3.63, 3.8) is 0 Å². The number of fused-ring (bicyclic) bond motifs is 2. The van der Waals surface area contributed by atoms with E-state index in [4.69, 9.17) is 9.47 Å². The van der Waals surface area contributed by atoms with Gasteiger partial charge in [-0.1, -0.05) is 0 Å². The van der Waals surface area contributed by atoms with E-state index in [1.54, 1.807) is 49.9 Å². The van der Waals surface area contributed by atoms with Gasteiger partial charge in [-0.25, -0.2) is 4.79 Å². The van der Waals surface area contributed by atoms with Gasteiger partial charge in [-0.15, -0.1) is 0 Å². The molecular weight excluding hydrogens is 769 g/mol. The van der Waals surface area contributed by atoms with Crippen LogP contribution in [0.5, 0.6) is 11.5 Å². The van der Waals surface area contributed by atoms with Crippen molar-refractivity contribution >= 4 is 35.7 Å². The molecule has 4 aliphatic heterocycles. The number of ether oxygens (including phenoxy) is 2. The molecule has 5 aliphatic rings. The highest BCUT2D eigenvalue weighted by molar-refractivity contribution is 6.23. The highest BCUT2D eigenvalue weighted by Gasteiger charge is 2.54. The second-order valence-corrected chi connectivity index (χ2v) is 16.8. The fraction of sp³-hybridized carbons (Fsp3) is 0.500. The molecule has 16 nitrogen and oxygen atoms in total. The minimum Gasteiger partial charge on any atom is -0.496 e. The van der Waals surface area contributed by atoms with Gasteiger partial charge in [0, 0.05) is 109 Å². The zero-order chi connectivity index (χ0) is 42.5. The fourth-order valence-corrected chi connectivity index (χ4v) is 10.2. The van der Waals surface area contributed by atoms with Gasteiger partial charge in [-0.05, 0) is 72.6 Å². The van der Waals surface area contributed by atoms with Crippen LogP contribution in [0.25, 0.3) is 11.1 Å². The topological polar surface area (TPSA) is 166 Å². The number of amides is 5. The minimum atomic E-state index is -1.04. The van der Waals surface area contributed by atoms with Gasteiger partial charge in [0.25, 0.3) is 17.4 Å². The summed E-state index contributed by atoms with van der Waals surface area (Å²) in [7, 11) is 8.14. The smallest absolute Gasteiger partial charge is 0.317 e. The second-order valence-electron chi connectivity index (χ2n) is 16.8. The quantitative estimate of drug-likeness (QED) is 0.203. The number of anilines is 1. The van der Waals surface area contributed by atoms with Crippen molar-refractivity contribution in [2.24, 2.45) is 12.5 Å². The molecular formula is C44H54N8O8. The van der Waals surface area contributed by atoms with Crippen molar-refractivity contribution in [1.29, 1.82) is 0 Å². The number of methoxy groups -OCH3 is 2.